The highest BCUT2D eigenvalue weighted by Gasteiger charge is 2.27. The van der Waals surface area contributed by atoms with Crippen LogP contribution in [0.4, 0.5) is 0 Å². The van der Waals surface area contributed by atoms with Gasteiger partial charge in [0.15, 0.2) is 0 Å². The van der Waals surface area contributed by atoms with Crippen LogP contribution in [-0.2, 0) is 22.9 Å². The minimum Gasteiger partial charge on any atom is -0.346 e. The number of sulfonamides is 1. The van der Waals surface area contributed by atoms with Gasteiger partial charge >= 0.3 is 0 Å². The molecule has 0 spiro atoms. The average Bonchev–Trinajstić information content (AvgIpc) is 3.22. The lowest BCUT2D eigenvalue weighted by Crippen LogP contribution is -2.35. The molecule has 1 heterocycles. The zero-order valence-corrected chi connectivity index (χ0v) is 18.6. The number of nitrogens with one attached hydrogen (secondary N) is 1. The second-order valence-electron chi connectivity index (χ2n) is 8.52. The maximum absolute atomic E-state index is 13.0. The zero-order valence-electron chi connectivity index (χ0n) is 17.8. The summed E-state index contributed by atoms with van der Waals surface area (Å²) in [6.45, 7) is 4.91. The summed E-state index contributed by atoms with van der Waals surface area (Å²) in [5, 5.41) is 3.06. The van der Waals surface area contributed by atoms with Crippen LogP contribution in [-0.4, -0.2) is 31.7 Å². The number of piperidine rings is 1. The van der Waals surface area contributed by atoms with Crippen molar-refractivity contribution >= 4 is 15.9 Å². The van der Waals surface area contributed by atoms with E-state index in [1.54, 1.807) is 12.1 Å². The van der Waals surface area contributed by atoms with Crippen molar-refractivity contribution in [2.75, 3.05) is 13.1 Å². The van der Waals surface area contributed by atoms with Crippen molar-refractivity contribution in [3.05, 3.63) is 64.2 Å². The molecule has 1 saturated heterocycles. The largest absolute Gasteiger partial charge is 0.346 e. The van der Waals surface area contributed by atoms with Crippen molar-refractivity contribution < 1.29 is 13.2 Å². The molecule has 2 aliphatic rings. The van der Waals surface area contributed by atoms with Crippen molar-refractivity contribution in [2.24, 2.45) is 0 Å². The Kier molecular flexibility index (Phi) is 5.98. The molecule has 1 aliphatic carbocycles. The lowest BCUT2D eigenvalue weighted by Gasteiger charge is -2.26. The molecule has 0 saturated carbocycles. The van der Waals surface area contributed by atoms with Crippen molar-refractivity contribution in [3.63, 3.8) is 0 Å². The Bertz CT molecular complexity index is 1060. The first-order chi connectivity index (χ1) is 14.4. The fourth-order valence-electron chi connectivity index (χ4n) is 4.48. The molecular weight excluding hydrogens is 396 g/mol. The van der Waals surface area contributed by atoms with Crippen LogP contribution in [0, 0.1) is 6.92 Å². The van der Waals surface area contributed by atoms with Crippen LogP contribution in [0.15, 0.2) is 41.3 Å². The maximum atomic E-state index is 13.0. The molecule has 0 unspecified atom stereocenters. The number of amides is 1. The smallest absolute Gasteiger partial charge is 0.252 e. The van der Waals surface area contributed by atoms with Gasteiger partial charge < -0.3 is 5.32 Å². The number of nitrogens with zero attached hydrogens (tertiary/aromatic N) is 1. The third-order valence-electron chi connectivity index (χ3n) is 6.38. The first-order valence-electron chi connectivity index (χ1n) is 10.9. The van der Waals surface area contributed by atoms with Gasteiger partial charge in [-0.25, -0.2) is 8.42 Å². The van der Waals surface area contributed by atoms with E-state index in [-0.39, 0.29) is 16.8 Å². The summed E-state index contributed by atoms with van der Waals surface area (Å²) < 4.78 is 27.6. The summed E-state index contributed by atoms with van der Waals surface area (Å²) >= 11 is 0. The van der Waals surface area contributed by atoms with Crippen LogP contribution in [0.1, 0.15) is 71.3 Å². The van der Waals surface area contributed by atoms with E-state index < -0.39 is 10.0 Å². The summed E-state index contributed by atoms with van der Waals surface area (Å²) in [5.41, 5.74) is 5.05. The first-order valence-corrected chi connectivity index (χ1v) is 12.3. The second-order valence-corrected chi connectivity index (χ2v) is 10.5. The number of carbonyl (C=O) groups is 1. The third kappa shape index (κ3) is 4.16. The lowest BCUT2D eigenvalue weighted by atomic mass is 10.0. The molecule has 2 aromatic rings. The summed E-state index contributed by atoms with van der Waals surface area (Å²) in [5.74, 6) is -0.240. The number of aryl methyl sites for hydroxylation is 3. The maximum Gasteiger partial charge on any atom is 0.252 e. The van der Waals surface area contributed by atoms with E-state index >= 15 is 0 Å². The molecule has 4 rings (SSSR count). The Balaban J connectivity index is 1.54. The van der Waals surface area contributed by atoms with Gasteiger partial charge in [-0.1, -0.05) is 30.7 Å². The fourth-order valence-corrected chi connectivity index (χ4v) is 6.02. The normalized spacial score (nSPS) is 18.1. The average molecular weight is 427 g/mol. The molecule has 1 aliphatic heterocycles. The van der Waals surface area contributed by atoms with E-state index in [9.17, 15) is 13.2 Å². The fraction of sp³-hybridized carbons (Fsp3) is 0.458. The molecule has 0 aromatic heterocycles. The van der Waals surface area contributed by atoms with Gasteiger partial charge in [0.2, 0.25) is 10.0 Å². The monoisotopic (exact) mass is 426 g/mol. The molecule has 0 bridgehead atoms. The summed E-state index contributed by atoms with van der Waals surface area (Å²) in [6, 6.07) is 11.2. The minimum atomic E-state index is -3.57. The molecular formula is C24H30N2O3S. The van der Waals surface area contributed by atoms with Gasteiger partial charge in [0.1, 0.15) is 0 Å². The molecule has 6 heteroatoms. The standard InChI is InChI=1S/C24H30N2O3S/c1-17-9-12-22(30(28,29)26-13-4-3-5-14-26)16-23(17)24(27)25-18(2)20-11-10-19-7-6-8-21(19)15-20/h9-12,15-16,18H,3-8,13-14H2,1-2H3,(H,25,27)/t18-/m1/s1. The van der Waals surface area contributed by atoms with Gasteiger partial charge in [-0.3, -0.25) is 4.79 Å². The molecule has 1 amide bonds. The van der Waals surface area contributed by atoms with Gasteiger partial charge in [0.05, 0.1) is 10.9 Å². The molecule has 1 atom stereocenters. The van der Waals surface area contributed by atoms with Crippen molar-refractivity contribution in [1.82, 2.24) is 9.62 Å². The topological polar surface area (TPSA) is 66.5 Å². The molecule has 160 valence electrons. The van der Waals surface area contributed by atoms with Crippen LogP contribution in [0.2, 0.25) is 0 Å². The van der Waals surface area contributed by atoms with E-state index in [4.69, 9.17) is 0 Å². The SMILES string of the molecule is Cc1ccc(S(=O)(=O)N2CCCCC2)cc1C(=O)N[C@H](C)c1ccc2c(c1)CCC2. The third-order valence-corrected chi connectivity index (χ3v) is 8.27. The number of hydrogen-bond donors (Lipinski definition) is 1. The predicted octanol–water partition coefficient (Wildman–Crippen LogP) is 4.15. The number of carbonyl (C=O) groups excluding carboxylic acids is 1. The summed E-state index contributed by atoms with van der Waals surface area (Å²) in [4.78, 5) is 13.2. The summed E-state index contributed by atoms with van der Waals surface area (Å²) in [6.07, 6.45) is 6.26. The highest BCUT2D eigenvalue weighted by atomic mass is 32.2. The molecule has 5 nitrogen and oxygen atoms in total. The number of hydrogen-bond acceptors (Lipinski definition) is 3. The number of benzene rings is 2. The highest BCUT2D eigenvalue weighted by molar-refractivity contribution is 7.89. The number of fused-ring (bicyclic) bond motifs is 1. The van der Waals surface area contributed by atoms with Crippen LogP contribution >= 0.6 is 0 Å². The van der Waals surface area contributed by atoms with Crippen LogP contribution in [0.5, 0.6) is 0 Å². The van der Waals surface area contributed by atoms with Gasteiger partial charge in [-0.05, 0) is 80.3 Å². The van der Waals surface area contributed by atoms with E-state index in [0.29, 0.717) is 18.7 Å². The Labute approximate surface area is 179 Å². The van der Waals surface area contributed by atoms with Gasteiger partial charge in [0, 0.05) is 18.7 Å². The lowest BCUT2D eigenvalue weighted by molar-refractivity contribution is 0.0939. The second kappa shape index (κ2) is 8.52. The van der Waals surface area contributed by atoms with E-state index in [1.807, 2.05) is 13.8 Å². The summed E-state index contributed by atoms with van der Waals surface area (Å²) in [7, 11) is -3.57. The zero-order chi connectivity index (χ0) is 21.3. The van der Waals surface area contributed by atoms with Crippen LogP contribution in [0.3, 0.4) is 0 Å². The van der Waals surface area contributed by atoms with Gasteiger partial charge in [-0.2, -0.15) is 4.31 Å². The van der Waals surface area contributed by atoms with E-state index in [0.717, 1.165) is 43.2 Å². The Morgan fingerprint density at radius 1 is 0.967 bits per heavy atom. The van der Waals surface area contributed by atoms with Crippen LogP contribution < -0.4 is 5.32 Å². The van der Waals surface area contributed by atoms with E-state index in [1.165, 1.54) is 27.9 Å². The molecule has 0 radical (unpaired) electrons. The van der Waals surface area contributed by atoms with Gasteiger partial charge in [-0.15, -0.1) is 0 Å². The molecule has 1 fully saturated rings. The Morgan fingerprint density at radius 3 is 2.47 bits per heavy atom. The quantitative estimate of drug-likeness (QED) is 0.781. The molecule has 2 aromatic carbocycles. The Hall–Kier alpha value is -2.18. The van der Waals surface area contributed by atoms with Crippen molar-refractivity contribution in [3.8, 4) is 0 Å². The predicted molar refractivity (Wildman–Crippen MR) is 118 cm³/mol. The minimum absolute atomic E-state index is 0.148. The van der Waals surface area contributed by atoms with Crippen molar-refractivity contribution in [1.29, 1.82) is 0 Å². The molecule has 1 N–H and O–H groups in total. The van der Waals surface area contributed by atoms with Crippen LogP contribution in [0.25, 0.3) is 0 Å². The van der Waals surface area contributed by atoms with Gasteiger partial charge in [0.25, 0.3) is 5.91 Å². The molecule has 30 heavy (non-hydrogen) atoms. The number of rotatable bonds is 5. The van der Waals surface area contributed by atoms with Crippen molar-refractivity contribution in [2.45, 2.75) is 63.3 Å². The Morgan fingerprint density at radius 2 is 1.70 bits per heavy atom. The van der Waals surface area contributed by atoms with E-state index in [2.05, 4.69) is 23.5 Å². The first kappa shape index (κ1) is 21.1. The highest BCUT2D eigenvalue weighted by Crippen LogP contribution is 2.26.